The fourth-order valence-corrected chi connectivity index (χ4v) is 2.07. The number of aliphatic hydroxyl groups excluding tert-OH is 1. The standard InChI is InChI=1S/C13H18N4O3/c1-9-14-6-10(7-15-9)16-12(19)8-17-5-3-2-4-11(18)13(17)20/h6-7,11,18H,2-5,8H2,1H3,(H,16,19). The maximum Gasteiger partial charge on any atom is 0.251 e. The fourth-order valence-electron chi connectivity index (χ4n) is 2.07. The number of anilines is 1. The van der Waals surface area contributed by atoms with Crippen molar-refractivity contribution in [2.75, 3.05) is 18.4 Å². The number of hydrogen-bond acceptors (Lipinski definition) is 5. The summed E-state index contributed by atoms with van der Waals surface area (Å²) < 4.78 is 0. The van der Waals surface area contributed by atoms with Crippen molar-refractivity contribution in [3.63, 3.8) is 0 Å². The van der Waals surface area contributed by atoms with Gasteiger partial charge >= 0.3 is 0 Å². The minimum absolute atomic E-state index is 0.0657. The lowest BCUT2D eigenvalue weighted by Gasteiger charge is -2.21. The molecule has 1 aromatic rings. The van der Waals surface area contributed by atoms with Crippen LogP contribution in [0.2, 0.25) is 0 Å². The van der Waals surface area contributed by atoms with Crippen molar-refractivity contribution in [3.8, 4) is 0 Å². The molecule has 1 aromatic heterocycles. The van der Waals surface area contributed by atoms with Crippen molar-refractivity contribution < 1.29 is 14.7 Å². The van der Waals surface area contributed by atoms with Crippen LogP contribution in [-0.2, 0) is 9.59 Å². The SMILES string of the molecule is Cc1ncc(NC(=O)CN2CCCCC(O)C2=O)cn1. The highest BCUT2D eigenvalue weighted by atomic mass is 16.3. The zero-order chi connectivity index (χ0) is 14.5. The maximum atomic E-state index is 11.9. The van der Waals surface area contributed by atoms with Gasteiger partial charge in [0.15, 0.2) is 0 Å². The van der Waals surface area contributed by atoms with E-state index in [1.807, 2.05) is 0 Å². The average Bonchev–Trinajstić information content (AvgIpc) is 2.57. The predicted molar refractivity (Wildman–Crippen MR) is 71.8 cm³/mol. The smallest absolute Gasteiger partial charge is 0.251 e. The quantitative estimate of drug-likeness (QED) is 0.817. The van der Waals surface area contributed by atoms with Gasteiger partial charge in [-0.3, -0.25) is 9.59 Å². The van der Waals surface area contributed by atoms with Gasteiger partial charge in [0.2, 0.25) is 5.91 Å². The third-order valence-electron chi connectivity index (χ3n) is 3.15. The molecule has 0 radical (unpaired) electrons. The van der Waals surface area contributed by atoms with Gasteiger partial charge in [-0.05, 0) is 26.2 Å². The number of carbonyl (C=O) groups excluding carboxylic acids is 2. The van der Waals surface area contributed by atoms with Crippen molar-refractivity contribution in [1.82, 2.24) is 14.9 Å². The number of nitrogens with zero attached hydrogens (tertiary/aromatic N) is 3. The summed E-state index contributed by atoms with van der Waals surface area (Å²) >= 11 is 0. The molecule has 2 rings (SSSR count). The Balaban J connectivity index is 1.93. The van der Waals surface area contributed by atoms with E-state index in [2.05, 4.69) is 15.3 Å². The average molecular weight is 278 g/mol. The molecular weight excluding hydrogens is 260 g/mol. The molecule has 0 aliphatic carbocycles. The Morgan fingerprint density at radius 2 is 2.15 bits per heavy atom. The zero-order valence-electron chi connectivity index (χ0n) is 11.4. The fraction of sp³-hybridized carbons (Fsp3) is 0.538. The first kappa shape index (κ1) is 14.4. The molecule has 108 valence electrons. The Kier molecular flexibility index (Phi) is 4.62. The molecule has 7 nitrogen and oxygen atoms in total. The normalized spacial score (nSPS) is 19.6. The van der Waals surface area contributed by atoms with E-state index in [1.54, 1.807) is 6.92 Å². The summed E-state index contributed by atoms with van der Waals surface area (Å²) in [5.74, 6) is -0.0773. The van der Waals surface area contributed by atoms with E-state index in [9.17, 15) is 14.7 Å². The Labute approximate surface area is 117 Å². The minimum Gasteiger partial charge on any atom is -0.383 e. The van der Waals surface area contributed by atoms with Gasteiger partial charge in [0.05, 0.1) is 24.6 Å². The second-order valence-electron chi connectivity index (χ2n) is 4.84. The van der Waals surface area contributed by atoms with E-state index in [0.717, 1.165) is 12.8 Å². The molecule has 0 saturated carbocycles. The molecule has 0 aromatic carbocycles. The molecule has 0 spiro atoms. The zero-order valence-corrected chi connectivity index (χ0v) is 11.4. The Bertz CT molecular complexity index is 489. The monoisotopic (exact) mass is 278 g/mol. The molecule has 1 unspecified atom stereocenters. The van der Waals surface area contributed by atoms with Gasteiger partial charge in [-0.2, -0.15) is 0 Å². The summed E-state index contributed by atoms with van der Waals surface area (Å²) in [6.45, 7) is 2.18. The summed E-state index contributed by atoms with van der Waals surface area (Å²) in [4.78, 5) is 33.1. The van der Waals surface area contributed by atoms with Crippen LogP contribution < -0.4 is 5.32 Å². The molecule has 1 fully saturated rings. The Morgan fingerprint density at radius 1 is 1.45 bits per heavy atom. The summed E-state index contributed by atoms with van der Waals surface area (Å²) in [5, 5.41) is 12.3. The lowest BCUT2D eigenvalue weighted by molar-refractivity contribution is -0.141. The molecule has 1 aliphatic rings. The minimum atomic E-state index is -0.993. The summed E-state index contributed by atoms with van der Waals surface area (Å²) in [7, 11) is 0. The molecule has 7 heteroatoms. The van der Waals surface area contributed by atoms with Crippen molar-refractivity contribution in [3.05, 3.63) is 18.2 Å². The second kappa shape index (κ2) is 6.42. The van der Waals surface area contributed by atoms with E-state index < -0.39 is 6.10 Å². The van der Waals surface area contributed by atoms with Crippen LogP contribution in [0.3, 0.4) is 0 Å². The van der Waals surface area contributed by atoms with Gasteiger partial charge in [0.25, 0.3) is 5.91 Å². The third-order valence-corrected chi connectivity index (χ3v) is 3.15. The number of amides is 2. The highest BCUT2D eigenvalue weighted by Crippen LogP contribution is 2.12. The van der Waals surface area contributed by atoms with Crippen molar-refractivity contribution in [2.45, 2.75) is 32.3 Å². The number of aromatic nitrogens is 2. The molecule has 20 heavy (non-hydrogen) atoms. The van der Waals surface area contributed by atoms with E-state index in [4.69, 9.17) is 0 Å². The molecule has 0 bridgehead atoms. The van der Waals surface area contributed by atoms with Crippen LogP contribution >= 0.6 is 0 Å². The van der Waals surface area contributed by atoms with Crippen LogP contribution in [0, 0.1) is 6.92 Å². The van der Waals surface area contributed by atoms with Crippen molar-refractivity contribution in [1.29, 1.82) is 0 Å². The van der Waals surface area contributed by atoms with Gasteiger partial charge in [-0.15, -0.1) is 0 Å². The molecular formula is C13H18N4O3. The van der Waals surface area contributed by atoms with Gasteiger partial charge in [0, 0.05) is 6.54 Å². The van der Waals surface area contributed by atoms with Gasteiger partial charge in [-0.25, -0.2) is 9.97 Å². The first-order chi connectivity index (χ1) is 9.56. The number of aryl methyl sites for hydroxylation is 1. The van der Waals surface area contributed by atoms with E-state index >= 15 is 0 Å². The number of nitrogens with one attached hydrogen (secondary N) is 1. The van der Waals surface area contributed by atoms with Crippen LogP contribution in [-0.4, -0.2) is 51.0 Å². The summed E-state index contributed by atoms with van der Waals surface area (Å²) in [6, 6.07) is 0. The lowest BCUT2D eigenvalue weighted by atomic mass is 10.2. The summed E-state index contributed by atoms with van der Waals surface area (Å²) in [6.07, 6.45) is 4.08. The Morgan fingerprint density at radius 3 is 2.85 bits per heavy atom. The molecule has 1 atom stereocenters. The number of hydrogen-bond donors (Lipinski definition) is 2. The molecule has 1 saturated heterocycles. The van der Waals surface area contributed by atoms with Gasteiger partial charge < -0.3 is 15.3 Å². The van der Waals surface area contributed by atoms with Gasteiger partial charge in [-0.1, -0.05) is 0 Å². The van der Waals surface area contributed by atoms with E-state index in [1.165, 1.54) is 17.3 Å². The maximum absolute atomic E-state index is 11.9. The number of likely N-dealkylation sites (tertiary alicyclic amines) is 1. The van der Waals surface area contributed by atoms with E-state index in [-0.39, 0.29) is 18.4 Å². The van der Waals surface area contributed by atoms with Gasteiger partial charge in [0.1, 0.15) is 11.9 Å². The highest BCUT2D eigenvalue weighted by molar-refractivity contribution is 5.94. The molecule has 1 aliphatic heterocycles. The second-order valence-corrected chi connectivity index (χ2v) is 4.84. The number of rotatable bonds is 3. The summed E-state index contributed by atoms with van der Waals surface area (Å²) in [5.41, 5.74) is 0.489. The molecule has 2 amide bonds. The Hall–Kier alpha value is -2.02. The van der Waals surface area contributed by atoms with E-state index in [0.29, 0.717) is 24.5 Å². The largest absolute Gasteiger partial charge is 0.383 e. The van der Waals surface area contributed by atoms with Crippen LogP contribution in [0.1, 0.15) is 25.1 Å². The third kappa shape index (κ3) is 3.74. The van der Waals surface area contributed by atoms with Crippen LogP contribution in [0.5, 0.6) is 0 Å². The number of aliphatic hydroxyl groups is 1. The first-order valence-electron chi connectivity index (χ1n) is 6.61. The molecule has 2 N–H and O–H groups in total. The van der Waals surface area contributed by atoms with Crippen LogP contribution in [0.4, 0.5) is 5.69 Å². The van der Waals surface area contributed by atoms with Crippen molar-refractivity contribution in [2.24, 2.45) is 0 Å². The lowest BCUT2D eigenvalue weighted by Crippen LogP contribution is -2.42. The number of carbonyl (C=O) groups is 2. The van der Waals surface area contributed by atoms with Crippen molar-refractivity contribution >= 4 is 17.5 Å². The first-order valence-corrected chi connectivity index (χ1v) is 6.61. The van der Waals surface area contributed by atoms with Crippen LogP contribution in [0.15, 0.2) is 12.4 Å². The van der Waals surface area contributed by atoms with Crippen LogP contribution in [0.25, 0.3) is 0 Å². The highest BCUT2D eigenvalue weighted by Gasteiger charge is 2.26. The topological polar surface area (TPSA) is 95.4 Å². The predicted octanol–water partition coefficient (Wildman–Crippen LogP) is 0.0969. The molecule has 2 heterocycles.